The van der Waals surface area contributed by atoms with Gasteiger partial charge in [-0.15, -0.1) is 0 Å². The molecule has 1 spiro atoms. The van der Waals surface area contributed by atoms with Gasteiger partial charge < -0.3 is 29.3 Å². The van der Waals surface area contributed by atoms with Crippen LogP contribution in [0.2, 0.25) is 0 Å². The minimum Gasteiger partial charge on any atom is -0.494 e. The van der Waals surface area contributed by atoms with E-state index in [2.05, 4.69) is 34.6 Å². The first-order valence-corrected chi connectivity index (χ1v) is 15.1. The van der Waals surface area contributed by atoms with Crippen LogP contribution in [0.1, 0.15) is 54.4 Å². The van der Waals surface area contributed by atoms with Crippen molar-refractivity contribution in [3.63, 3.8) is 0 Å². The second kappa shape index (κ2) is 11.2. The fourth-order valence-electron chi connectivity index (χ4n) is 7.68. The molecule has 3 amide bonds. The number of rotatable bonds is 8. The summed E-state index contributed by atoms with van der Waals surface area (Å²) in [7, 11) is 0. The third kappa shape index (κ3) is 5.15. The van der Waals surface area contributed by atoms with Gasteiger partial charge in [-0.1, -0.05) is 45.1 Å². The van der Waals surface area contributed by atoms with Crippen molar-refractivity contribution < 1.29 is 29.0 Å². The molecule has 0 aliphatic carbocycles. The van der Waals surface area contributed by atoms with Crippen LogP contribution in [0.15, 0.2) is 48.6 Å². The number of likely N-dealkylation sites (tertiary alicyclic amines) is 1. The number of aliphatic hydroxyl groups excluding tert-OH is 1. The molecule has 2 fully saturated rings. The first-order valence-electron chi connectivity index (χ1n) is 15.1. The molecule has 4 aliphatic heterocycles. The lowest BCUT2D eigenvalue weighted by atomic mass is 9.77. The van der Waals surface area contributed by atoms with Gasteiger partial charge in [-0.2, -0.15) is 0 Å². The monoisotopic (exact) mass is 579 g/mol. The van der Waals surface area contributed by atoms with Crippen molar-refractivity contribution in [3.8, 4) is 5.75 Å². The summed E-state index contributed by atoms with van der Waals surface area (Å²) in [6.07, 6.45) is 8.03. The third-order valence-corrected chi connectivity index (χ3v) is 8.87. The van der Waals surface area contributed by atoms with Crippen molar-refractivity contribution in [1.82, 2.24) is 9.80 Å². The van der Waals surface area contributed by atoms with E-state index in [1.807, 2.05) is 60.4 Å². The van der Waals surface area contributed by atoms with Crippen LogP contribution in [0, 0.1) is 17.3 Å². The first kappa shape index (κ1) is 30.3. The summed E-state index contributed by atoms with van der Waals surface area (Å²) in [6.45, 7) is 13.9. The van der Waals surface area contributed by atoms with Crippen LogP contribution in [-0.4, -0.2) is 88.8 Å². The number of aliphatic hydroxyl groups is 1. The molecule has 9 heteroatoms. The summed E-state index contributed by atoms with van der Waals surface area (Å²) in [4.78, 5) is 48.3. The second-order valence-electron chi connectivity index (χ2n) is 13.7. The minimum absolute atomic E-state index is 0.0271. The number of anilines is 1. The molecule has 1 unspecified atom stereocenters. The maximum atomic E-state index is 14.6. The van der Waals surface area contributed by atoms with Gasteiger partial charge in [-0.25, -0.2) is 0 Å². The summed E-state index contributed by atoms with van der Waals surface area (Å²) in [5, 5.41) is 9.66. The molecule has 0 bridgehead atoms. The zero-order valence-electron chi connectivity index (χ0n) is 25.7. The largest absolute Gasteiger partial charge is 0.494 e. The summed E-state index contributed by atoms with van der Waals surface area (Å²) in [6, 6.07) is 6.43. The van der Waals surface area contributed by atoms with Crippen molar-refractivity contribution >= 4 is 23.4 Å². The van der Waals surface area contributed by atoms with E-state index in [0.29, 0.717) is 31.8 Å². The molecule has 2 saturated heterocycles. The van der Waals surface area contributed by atoms with E-state index in [9.17, 15) is 19.5 Å². The van der Waals surface area contributed by atoms with Crippen molar-refractivity contribution in [2.45, 2.75) is 77.7 Å². The fraction of sp³-hybridized carbons (Fsp3) is 0.606. The molecular weight excluding hydrogens is 534 g/mol. The predicted molar refractivity (Wildman–Crippen MR) is 160 cm³/mol. The Morgan fingerprint density at radius 2 is 1.71 bits per heavy atom. The highest BCUT2D eigenvalue weighted by Gasteiger charge is 2.72. The molecule has 0 saturated carbocycles. The molecule has 0 aromatic heterocycles. The van der Waals surface area contributed by atoms with Gasteiger partial charge >= 0.3 is 0 Å². The van der Waals surface area contributed by atoms with E-state index in [4.69, 9.17) is 9.47 Å². The van der Waals surface area contributed by atoms with E-state index in [0.717, 1.165) is 12.2 Å². The maximum Gasteiger partial charge on any atom is 0.249 e. The Hall–Kier alpha value is -3.17. The van der Waals surface area contributed by atoms with Gasteiger partial charge in [0.05, 0.1) is 24.5 Å². The highest BCUT2D eigenvalue weighted by atomic mass is 16.5. The molecular formula is C33H45N3O6. The summed E-state index contributed by atoms with van der Waals surface area (Å²) < 4.78 is 12.3. The van der Waals surface area contributed by atoms with E-state index >= 15 is 0 Å². The Morgan fingerprint density at radius 3 is 2.36 bits per heavy atom. The van der Waals surface area contributed by atoms with Gasteiger partial charge in [-0.05, 0) is 63.3 Å². The average Bonchev–Trinajstić information content (AvgIpc) is 3.21. The summed E-state index contributed by atoms with van der Waals surface area (Å²) in [5.41, 5.74) is -1.09. The summed E-state index contributed by atoms with van der Waals surface area (Å²) in [5.74, 6) is -1.60. The Bertz CT molecular complexity index is 1270. The van der Waals surface area contributed by atoms with Crippen molar-refractivity contribution in [3.05, 3.63) is 48.6 Å². The van der Waals surface area contributed by atoms with Crippen LogP contribution < -0.4 is 9.64 Å². The van der Waals surface area contributed by atoms with Gasteiger partial charge in [0.1, 0.15) is 17.4 Å². The highest BCUT2D eigenvalue weighted by molar-refractivity contribution is 6.04. The van der Waals surface area contributed by atoms with Crippen LogP contribution in [-0.2, 0) is 19.1 Å². The van der Waals surface area contributed by atoms with Crippen LogP contribution in [0.5, 0.6) is 5.75 Å². The average molecular weight is 580 g/mol. The minimum atomic E-state index is -1.28. The number of hydrogen-bond acceptors (Lipinski definition) is 6. The highest BCUT2D eigenvalue weighted by Crippen LogP contribution is 2.54. The van der Waals surface area contributed by atoms with E-state index in [-0.39, 0.29) is 36.3 Å². The van der Waals surface area contributed by atoms with E-state index in [1.54, 1.807) is 9.80 Å². The van der Waals surface area contributed by atoms with Crippen LogP contribution in [0.4, 0.5) is 5.69 Å². The standard InChI is InChI=1S/C33H45N3O6/c1-7-41-23-14-12-22(13-15-23)34-17-8-11-24-25(28(34)38)26-29(39)35(18-10-20-37)27-30(40)36(19-9-16-33(26,27)42-24)32(5,6)21-31(2,3)4/h8-9,11-16,24-27,37H,7,10,17-21H2,1-6H3/t24-,25+,26+,27?,33+/m1/s1. The third-order valence-electron chi connectivity index (χ3n) is 8.87. The number of carbonyl (C=O) groups is 3. The van der Waals surface area contributed by atoms with E-state index in [1.165, 1.54) is 0 Å². The topological polar surface area (TPSA) is 99.6 Å². The second-order valence-corrected chi connectivity index (χ2v) is 13.7. The zero-order valence-corrected chi connectivity index (χ0v) is 25.7. The molecule has 228 valence electrons. The van der Waals surface area contributed by atoms with Crippen molar-refractivity contribution in [2.75, 3.05) is 37.7 Å². The molecule has 42 heavy (non-hydrogen) atoms. The molecule has 5 atom stereocenters. The number of nitrogens with zero attached hydrogens (tertiary/aromatic N) is 3. The number of benzene rings is 1. The molecule has 4 heterocycles. The molecule has 1 aromatic rings. The van der Waals surface area contributed by atoms with Gasteiger partial charge in [0.25, 0.3) is 0 Å². The number of ether oxygens (including phenoxy) is 2. The van der Waals surface area contributed by atoms with E-state index < -0.39 is 35.1 Å². The SMILES string of the molecule is CCOc1ccc(N2CC=C[C@H]3O[C@]45C=CCN(C(C)(C)CC(C)(C)C)C(=O)C4N(CCCO)C(=O)[C@@H]5[C@H]3C2=O)cc1. The fourth-order valence-corrected chi connectivity index (χ4v) is 7.68. The van der Waals surface area contributed by atoms with Crippen LogP contribution >= 0.6 is 0 Å². The number of amides is 3. The Labute approximate surface area is 249 Å². The quantitative estimate of drug-likeness (QED) is 0.473. The Balaban J connectivity index is 1.54. The van der Waals surface area contributed by atoms with Crippen LogP contribution in [0.3, 0.4) is 0 Å². The lowest BCUT2D eigenvalue weighted by Crippen LogP contribution is -2.60. The predicted octanol–water partition coefficient (Wildman–Crippen LogP) is 3.56. The molecule has 9 nitrogen and oxygen atoms in total. The first-order chi connectivity index (χ1) is 19.8. The zero-order chi connectivity index (χ0) is 30.4. The van der Waals surface area contributed by atoms with Crippen molar-refractivity contribution in [1.29, 1.82) is 0 Å². The maximum absolute atomic E-state index is 14.6. The Kier molecular flexibility index (Phi) is 8.04. The van der Waals surface area contributed by atoms with Gasteiger partial charge in [0.15, 0.2) is 0 Å². The van der Waals surface area contributed by atoms with Crippen LogP contribution in [0.25, 0.3) is 0 Å². The van der Waals surface area contributed by atoms with Crippen molar-refractivity contribution in [2.24, 2.45) is 17.3 Å². The number of hydrogen-bond donors (Lipinski definition) is 1. The lowest BCUT2D eigenvalue weighted by molar-refractivity contribution is -0.151. The molecule has 1 aromatic carbocycles. The summed E-state index contributed by atoms with van der Waals surface area (Å²) >= 11 is 0. The smallest absolute Gasteiger partial charge is 0.249 e. The number of carbonyl (C=O) groups excluding carboxylic acids is 3. The Morgan fingerprint density at radius 1 is 1.00 bits per heavy atom. The lowest BCUT2D eigenvalue weighted by Gasteiger charge is -2.44. The molecule has 1 N–H and O–H groups in total. The molecule has 5 rings (SSSR count). The van der Waals surface area contributed by atoms with Gasteiger partial charge in [-0.3, -0.25) is 14.4 Å². The van der Waals surface area contributed by atoms with Gasteiger partial charge in [0.2, 0.25) is 17.7 Å². The molecule has 0 radical (unpaired) electrons. The normalized spacial score (nSPS) is 29.4. The molecule has 4 aliphatic rings. The number of fused-ring (bicyclic) bond motifs is 2. The van der Waals surface area contributed by atoms with Gasteiger partial charge in [0, 0.05) is 37.5 Å².